The third-order valence-corrected chi connectivity index (χ3v) is 5.80. The standard InChI is InChI=1S/C23H33N5O4/c1-4-27(5-2)22(30)17-26-13-15-28(16-14-26)21(29)8-6-7-20-24-23(25-32-20)18-9-11-19(31-3)12-10-18/h9-12H,4-8,13-17H2,1-3H3. The molecule has 0 N–H and O–H groups in total. The second kappa shape index (κ2) is 11.6. The molecule has 0 atom stereocenters. The average Bonchev–Trinajstić information content (AvgIpc) is 3.29. The van der Waals surface area contributed by atoms with Gasteiger partial charge in [-0.2, -0.15) is 4.98 Å². The van der Waals surface area contributed by atoms with Crippen molar-refractivity contribution in [1.82, 2.24) is 24.8 Å². The number of ether oxygens (including phenoxy) is 1. The monoisotopic (exact) mass is 443 g/mol. The van der Waals surface area contributed by atoms with Crippen molar-refractivity contribution < 1.29 is 18.8 Å². The van der Waals surface area contributed by atoms with Crippen molar-refractivity contribution in [3.63, 3.8) is 0 Å². The number of likely N-dealkylation sites (N-methyl/N-ethyl adjacent to an activating group) is 1. The molecule has 32 heavy (non-hydrogen) atoms. The molecule has 1 aromatic heterocycles. The van der Waals surface area contributed by atoms with Gasteiger partial charge in [-0.15, -0.1) is 0 Å². The molecule has 0 spiro atoms. The van der Waals surface area contributed by atoms with Crippen LogP contribution in [0.3, 0.4) is 0 Å². The summed E-state index contributed by atoms with van der Waals surface area (Å²) in [4.78, 5) is 35.1. The van der Waals surface area contributed by atoms with Crippen molar-refractivity contribution in [3.8, 4) is 17.1 Å². The molecule has 1 aliphatic heterocycles. The van der Waals surface area contributed by atoms with Gasteiger partial charge in [-0.1, -0.05) is 5.16 Å². The minimum absolute atomic E-state index is 0.134. The zero-order chi connectivity index (χ0) is 22.9. The van der Waals surface area contributed by atoms with Crippen LogP contribution in [0.2, 0.25) is 0 Å². The molecule has 0 aliphatic carbocycles. The molecular weight excluding hydrogens is 410 g/mol. The summed E-state index contributed by atoms with van der Waals surface area (Å²) >= 11 is 0. The third kappa shape index (κ3) is 6.29. The molecular formula is C23H33N5O4. The van der Waals surface area contributed by atoms with E-state index in [1.807, 2.05) is 47.9 Å². The third-order valence-electron chi connectivity index (χ3n) is 5.80. The Morgan fingerprint density at radius 1 is 1.09 bits per heavy atom. The van der Waals surface area contributed by atoms with Crippen LogP contribution in [0.15, 0.2) is 28.8 Å². The van der Waals surface area contributed by atoms with Crippen molar-refractivity contribution in [1.29, 1.82) is 0 Å². The Morgan fingerprint density at radius 2 is 1.78 bits per heavy atom. The summed E-state index contributed by atoms with van der Waals surface area (Å²) < 4.78 is 10.5. The highest BCUT2D eigenvalue weighted by molar-refractivity contribution is 5.78. The van der Waals surface area contributed by atoms with Crippen molar-refractivity contribution in [3.05, 3.63) is 30.2 Å². The molecule has 1 aromatic carbocycles. The average molecular weight is 444 g/mol. The fourth-order valence-corrected chi connectivity index (χ4v) is 3.79. The highest BCUT2D eigenvalue weighted by atomic mass is 16.5. The van der Waals surface area contributed by atoms with Crippen LogP contribution in [0.1, 0.15) is 32.6 Å². The van der Waals surface area contributed by atoms with E-state index >= 15 is 0 Å². The number of methoxy groups -OCH3 is 1. The SMILES string of the molecule is CCN(CC)C(=O)CN1CCN(C(=O)CCCc2nc(-c3ccc(OC)cc3)no2)CC1. The molecule has 2 amide bonds. The largest absolute Gasteiger partial charge is 0.497 e. The number of benzene rings is 1. The lowest BCUT2D eigenvalue weighted by Crippen LogP contribution is -2.51. The summed E-state index contributed by atoms with van der Waals surface area (Å²) in [5.74, 6) is 2.12. The highest BCUT2D eigenvalue weighted by Crippen LogP contribution is 2.20. The first-order chi connectivity index (χ1) is 15.5. The second-order valence-electron chi connectivity index (χ2n) is 7.82. The van der Waals surface area contributed by atoms with Gasteiger partial charge in [0.25, 0.3) is 0 Å². The lowest BCUT2D eigenvalue weighted by molar-refractivity contribution is -0.135. The van der Waals surface area contributed by atoms with Gasteiger partial charge in [-0.25, -0.2) is 0 Å². The quantitative estimate of drug-likeness (QED) is 0.555. The fraction of sp³-hybridized carbons (Fsp3) is 0.565. The molecule has 9 nitrogen and oxygen atoms in total. The van der Waals surface area contributed by atoms with Gasteiger partial charge in [0.1, 0.15) is 5.75 Å². The maximum absolute atomic E-state index is 12.6. The van der Waals surface area contributed by atoms with Gasteiger partial charge < -0.3 is 19.1 Å². The van der Waals surface area contributed by atoms with Crippen LogP contribution in [0.4, 0.5) is 0 Å². The normalized spacial score (nSPS) is 14.4. The lowest BCUT2D eigenvalue weighted by Gasteiger charge is -2.35. The number of carbonyl (C=O) groups excluding carboxylic acids is 2. The molecule has 0 bridgehead atoms. The number of carbonyl (C=O) groups is 2. The van der Waals surface area contributed by atoms with Gasteiger partial charge in [0.2, 0.25) is 23.5 Å². The molecule has 9 heteroatoms. The molecule has 0 radical (unpaired) electrons. The van der Waals surface area contributed by atoms with Crippen LogP contribution >= 0.6 is 0 Å². The number of hydrogen-bond acceptors (Lipinski definition) is 7. The summed E-state index contributed by atoms with van der Waals surface area (Å²) in [6.07, 6.45) is 1.66. The van der Waals surface area contributed by atoms with Crippen molar-refractivity contribution in [2.24, 2.45) is 0 Å². The van der Waals surface area contributed by atoms with Crippen molar-refractivity contribution in [2.75, 3.05) is 52.9 Å². The molecule has 1 saturated heterocycles. The van der Waals surface area contributed by atoms with E-state index < -0.39 is 0 Å². The summed E-state index contributed by atoms with van der Waals surface area (Å²) in [6, 6.07) is 7.46. The number of rotatable bonds is 10. The Balaban J connectivity index is 1.38. The Labute approximate surface area is 189 Å². The van der Waals surface area contributed by atoms with Crippen molar-refractivity contribution >= 4 is 11.8 Å². The maximum Gasteiger partial charge on any atom is 0.236 e. The fourth-order valence-electron chi connectivity index (χ4n) is 3.79. The maximum atomic E-state index is 12.6. The van der Waals surface area contributed by atoms with E-state index in [1.165, 1.54) is 0 Å². The van der Waals surface area contributed by atoms with Crippen LogP contribution in [0, 0.1) is 0 Å². The number of amides is 2. The van der Waals surface area contributed by atoms with Gasteiger partial charge in [-0.05, 0) is 44.5 Å². The smallest absolute Gasteiger partial charge is 0.236 e. The summed E-state index contributed by atoms with van der Waals surface area (Å²) in [7, 11) is 1.62. The Hall–Kier alpha value is -2.94. The predicted octanol–water partition coefficient (Wildman–Crippen LogP) is 2.08. The number of nitrogens with zero attached hydrogens (tertiary/aromatic N) is 5. The topological polar surface area (TPSA) is 92.0 Å². The molecule has 174 valence electrons. The molecule has 2 aromatic rings. The predicted molar refractivity (Wildman–Crippen MR) is 120 cm³/mol. The molecule has 1 aliphatic rings. The Morgan fingerprint density at radius 3 is 2.41 bits per heavy atom. The van der Waals surface area contributed by atoms with Gasteiger partial charge >= 0.3 is 0 Å². The van der Waals surface area contributed by atoms with E-state index in [0.29, 0.717) is 50.6 Å². The number of hydrogen-bond donors (Lipinski definition) is 0. The van der Waals surface area contributed by atoms with Crippen LogP contribution in [-0.4, -0.2) is 89.6 Å². The first kappa shape index (κ1) is 23.7. The first-order valence-corrected chi connectivity index (χ1v) is 11.3. The van der Waals surface area contributed by atoms with Gasteiger partial charge in [0.15, 0.2) is 0 Å². The van der Waals surface area contributed by atoms with E-state index in [2.05, 4.69) is 15.0 Å². The van der Waals surface area contributed by atoms with E-state index in [1.54, 1.807) is 7.11 Å². The van der Waals surface area contributed by atoms with Crippen LogP contribution < -0.4 is 4.74 Å². The van der Waals surface area contributed by atoms with E-state index in [9.17, 15) is 9.59 Å². The zero-order valence-corrected chi connectivity index (χ0v) is 19.2. The molecule has 0 unspecified atom stereocenters. The van der Waals surface area contributed by atoms with Gasteiger partial charge in [0.05, 0.1) is 13.7 Å². The van der Waals surface area contributed by atoms with Crippen LogP contribution in [-0.2, 0) is 16.0 Å². The summed E-state index contributed by atoms with van der Waals surface area (Å²) in [5.41, 5.74) is 0.856. The van der Waals surface area contributed by atoms with Crippen LogP contribution in [0.5, 0.6) is 5.75 Å². The molecule has 0 saturated carbocycles. The molecule has 2 heterocycles. The van der Waals surface area contributed by atoms with E-state index in [4.69, 9.17) is 9.26 Å². The second-order valence-corrected chi connectivity index (χ2v) is 7.82. The van der Waals surface area contributed by atoms with Crippen LogP contribution in [0.25, 0.3) is 11.4 Å². The Bertz CT molecular complexity index is 871. The summed E-state index contributed by atoms with van der Waals surface area (Å²) in [5, 5.41) is 4.03. The zero-order valence-electron chi connectivity index (χ0n) is 19.2. The van der Waals surface area contributed by atoms with Crippen molar-refractivity contribution in [2.45, 2.75) is 33.1 Å². The number of aromatic nitrogens is 2. The van der Waals surface area contributed by atoms with E-state index in [-0.39, 0.29) is 11.8 Å². The molecule has 1 fully saturated rings. The lowest BCUT2D eigenvalue weighted by atomic mass is 10.2. The van der Waals surface area contributed by atoms with E-state index in [0.717, 1.165) is 37.5 Å². The molecule has 3 rings (SSSR count). The number of aryl methyl sites for hydroxylation is 1. The first-order valence-electron chi connectivity index (χ1n) is 11.3. The van der Waals surface area contributed by atoms with Gasteiger partial charge in [-0.3, -0.25) is 14.5 Å². The Kier molecular flexibility index (Phi) is 8.61. The number of piperazine rings is 1. The minimum Gasteiger partial charge on any atom is -0.497 e. The van der Waals surface area contributed by atoms with Gasteiger partial charge in [0, 0.05) is 57.7 Å². The highest BCUT2D eigenvalue weighted by Gasteiger charge is 2.23. The minimum atomic E-state index is 0.134. The summed E-state index contributed by atoms with van der Waals surface area (Å²) in [6.45, 7) is 8.65.